The van der Waals surface area contributed by atoms with Gasteiger partial charge in [0.2, 0.25) is 5.78 Å². The lowest BCUT2D eigenvalue weighted by molar-refractivity contribution is -0.124. The first kappa shape index (κ1) is 21.0. The summed E-state index contributed by atoms with van der Waals surface area (Å²) < 4.78 is 13.1. The molecule has 0 aromatic heterocycles. The van der Waals surface area contributed by atoms with Gasteiger partial charge in [0.15, 0.2) is 0 Å². The Balaban J connectivity index is 1.37. The number of benzene rings is 1. The molecule has 1 aromatic rings. The Morgan fingerprint density at radius 2 is 1.84 bits per heavy atom. The molecule has 0 bridgehead atoms. The van der Waals surface area contributed by atoms with Crippen molar-refractivity contribution in [3.63, 3.8) is 0 Å². The summed E-state index contributed by atoms with van der Waals surface area (Å²) in [5.74, 6) is 7.55. The predicted molar refractivity (Wildman–Crippen MR) is 119 cm³/mol. The molecular formula is C28H33FO2. The van der Waals surface area contributed by atoms with Gasteiger partial charge in [0.25, 0.3) is 0 Å². The average Bonchev–Trinajstić information content (AvgIpc) is 3.11. The molecule has 2 nitrogen and oxygen atoms in total. The van der Waals surface area contributed by atoms with Gasteiger partial charge in [0.1, 0.15) is 5.82 Å². The second-order valence-corrected chi connectivity index (χ2v) is 11.0. The van der Waals surface area contributed by atoms with Crippen LogP contribution in [0.15, 0.2) is 35.9 Å². The van der Waals surface area contributed by atoms with Crippen molar-refractivity contribution >= 4 is 5.78 Å². The molecule has 0 heterocycles. The van der Waals surface area contributed by atoms with Crippen LogP contribution in [0.3, 0.4) is 0 Å². The molecule has 3 heteroatoms. The van der Waals surface area contributed by atoms with Crippen molar-refractivity contribution in [2.75, 3.05) is 0 Å². The number of rotatable bonds is 1. The van der Waals surface area contributed by atoms with Gasteiger partial charge in [0.05, 0.1) is 6.10 Å². The molecule has 31 heavy (non-hydrogen) atoms. The second kappa shape index (κ2) is 7.59. The number of aliphatic hydroxyl groups excluding tert-OH is 1. The fraction of sp³-hybridized carbons (Fsp3) is 0.607. The number of fused-ring (bicyclic) bond motifs is 5. The fourth-order valence-electron chi connectivity index (χ4n) is 7.83. The minimum absolute atomic E-state index is 0.0118. The number of hydrogen-bond donors (Lipinski definition) is 1. The lowest BCUT2D eigenvalue weighted by atomic mass is 9.47. The first-order chi connectivity index (χ1) is 14.8. The molecule has 0 radical (unpaired) electrons. The normalized spacial score (nSPS) is 41.2. The summed E-state index contributed by atoms with van der Waals surface area (Å²) in [4.78, 5) is 13.1. The van der Waals surface area contributed by atoms with E-state index in [0.29, 0.717) is 23.3 Å². The van der Waals surface area contributed by atoms with Crippen molar-refractivity contribution in [1.82, 2.24) is 0 Å². The quantitative estimate of drug-likeness (QED) is 0.468. The third kappa shape index (κ3) is 3.39. The highest BCUT2D eigenvalue weighted by molar-refractivity contribution is 5.98. The Morgan fingerprint density at radius 1 is 1.06 bits per heavy atom. The van der Waals surface area contributed by atoms with Crippen molar-refractivity contribution in [2.24, 2.45) is 34.5 Å². The topological polar surface area (TPSA) is 37.3 Å². The van der Waals surface area contributed by atoms with E-state index in [2.05, 4.69) is 31.8 Å². The van der Waals surface area contributed by atoms with Crippen LogP contribution >= 0.6 is 0 Å². The Kier molecular flexibility index (Phi) is 5.13. The zero-order valence-corrected chi connectivity index (χ0v) is 18.7. The molecule has 4 aliphatic rings. The lowest BCUT2D eigenvalue weighted by Crippen LogP contribution is -2.51. The van der Waals surface area contributed by atoms with Crippen LogP contribution in [0.25, 0.3) is 0 Å². The number of carbonyl (C=O) groups excluding carboxylic acids is 1. The molecule has 4 aliphatic carbocycles. The average molecular weight is 421 g/mol. The Hall–Kier alpha value is -1.92. The van der Waals surface area contributed by atoms with Gasteiger partial charge in [-0.05, 0) is 110 Å². The summed E-state index contributed by atoms with van der Waals surface area (Å²) in [5.41, 5.74) is 2.45. The highest BCUT2D eigenvalue weighted by atomic mass is 19.1. The van der Waals surface area contributed by atoms with Crippen LogP contribution in [0.4, 0.5) is 4.39 Å². The van der Waals surface area contributed by atoms with E-state index in [1.165, 1.54) is 24.1 Å². The van der Waals surface area contributed by atoms with Crippen LogP contribution in [0, 0.1) is 52.2 Å². The van der Waals surface area contributed by atoms with Gasteiger partial charge in [-0.3, -0.25) is 4.79 Å². The zero-order valence-electron chi connectivity index (χ0n) is 18.7. The van der Waals surface area contributed by atoms with Crippen LogP contribution in [0.2, 0.25) is 0 Å². The Bertz CT molecular complexity index is 967. The zero-order chi connectivity index (χ0) is 21.8. The Morgan fingerprint density at radius 3 is 2.61 bits per heavy atom. The fourth-order valence-corrected chi connectivity index (χ4v) is 7.83. The summed E-state index contributed by atoms with van der Waals surface area (Å²) >= 11 is 0. The number of ketones is 1. The predicted octanol–water partition coefficient (Wildman–Crippen LogP) is 5.69. The van der Waals surface area contributed by atoms with Gasteiger partial charge in [-0.15, -0.1) is 0 Å². The highest BCUT2D eigenvalue weighted by Gasteiger charge is 2.59. The summed E-state index contributed by atoms with van der Waals surface area (Å²) in [7, 11) is 0. The third-order valence-electron chi connectivity index (χ3n) is 9.57. The van der Waals surface area contributed by atoms with Crippen LogP contribution < -0.4 is 0 Å². The number of halogens is 1. The van der Waals surface area contributed by atoms with Gasteiger partial charge >= 0.3 is 0 Å². The number of allylic oxidation sites excluding steroid dienone is 1. The van der Waals surface area contributed by atoms with E-state index in [-0.39, 0.29) is 34.5 Å². The molecular weight excluding hydrogens is 387 g/mol. The number of hydrogen-bond acceptors (Lipinski definition) is 2. The number of carbonyl (C=O) groups is 1. The maximum atomic E-state index is 13.1. The van der Waals surface area contributed by atoms with Crippen molar-refractivity contribution in [3.8, 4) is 11.8 Å². The van der Waals surface area contributed by atoms with Crippen molar-refractivity contribution in [3.05, 3.63) is 47.3 Å². The van der Waals surface area contributed by atoms with Crippen molar-refractivity contribution < 1.29 is 14.3 Å². The SMILES string of the molecule is C[C@]12CC[C@H]3[C@@H](CC=C4C[C@@H](O)CC[C@@]43C)[C@@H]1CC[C@@H]2C(=O)C#Cc1ccc(F)cc1. The maximum Gasteiger partial charge on any atom is 0.209 e. The summed E-state index contributed by atoms with van der Waals surface area (Å²) in [6, 6.07) is 6.04. The molecule has 3 saturated carbocycles. The van der Waals surface area contributed by atoms with E-state index in [4.69, 9.17) is 0 Å². The molecule has 7 atom stereocenters. The molecule has 0 aliphatic heterocycles. The van der Waals surface area contributed by atoms with E-state index in [9.17, 15) is 14.3 Å². The largest absolute Gasteiger partial charge is 0.393 e. The molecule has 0 unspecified atom stereocenters. The molecule has 1 aromatic carbocycles. The van der Waals surface area contributed by atoms with E-state index in [1.807, 2.05) is 0 Å². The van der Waals surface area contributed by atoms with Gasteiger partial charge in [0, 0.05) is 11.5 Å². The molecule has 164 valence electrons. The summed E-state index contributed by atoms with van der Waals surface area (Å²) in [5, 5.41) is 10.2. The minimum Gasteiger partial charge on any atom is -0.393 e. The maximum absolute atomic E-state index is 13.1. The van der Waals surface area contributed by atoms with Crippen LogP contribution in [0.1, 0.15) is 70.8 Å². The highest BCUT2D eigenvalue weighted by Crippen LogP contribution is 2.66. The second-order valence-electron chi connectivity index (χ2n) is 11.0. The first-order valence-corrected chi connectivity index (χ1v) is 12.0. The van der Waals surface area contributed by atoms with E-state index in [0.717, 1.165) is 44.9 Å². The molecule has 0 saturated heterocycles. The van der Waals surface area contributed by atoms with Crippen molar-refractivity contribution in [2.45, 2.75) is 71.3 Å². The van der Waals surface area contributed by atoms with E-state index < -0.39 is 0 Å². The molecule has 3 fully saturated rings. The van der Waals surface area contributed by atoms with Gasteiger partial charge < -0.3 is 5.11 Å². The smallest absolute Gasteiger partial charge is 0.209 e. The summed E-state index contributed by atoms with van der Waals surface area (Å²) in [6.45, 7) is 4.78. The molecule has 5 rings (SSSR count). The monoisotopic (exact) mass is 420 g/mol. The van der Waals surface area contributed by atoms with Crippen molar-refractivity contribution in [1.29, 1.82) is 0 Å². The van der Waals surface area contributed by atoms with Gasteiger partial charge in [-0.1, -0.05) is 31.4 Å². The number of Topliss-reactive ketones (excluding diaryl/α,β-unsaturated/α-hetero) is 1. The van der Waals surface area contributed by atoms with Crippen LogP contribution in [-0.2, 0) is 4.79 Å². The van der Waals surface area contributed by atoms with Crippen LogP contribution in [-0.4, -0.2) is 17.0 Å². The van der Waals surface area contributed by atoms with Crippen LogP contribution in [0.5, 0.6) is 0 Å². The van der Waals surface area contributed by atoms with Gasteiger partial charge in [-0.2, -0.15) is 0 Å². The minimum atomic E-state index is -0.286. The Labute approximate surface area is 185 Å². The molecule has 0 spiro atoms. The molecule has 0 amide bonds. The van der Waals surface area contributed by atoms with E-state index >= 15 is 0 Å². The number of aliphatic hydroxyl groups is 1. The summed E-state index contributed by atoms with van der Waals surface area (Å²) in [6.07, 6.45) is 10.6. The molecule has 1 N–H and O–H groups in total. The standard InChI is InChI=1S/C28H33FO2/c1-27-15-13-21(30)17-19(27)6-9-22-23-10-11-25(28(23,2)16-14-24(22)27)26(31)12-5-18-3-7-20(29)8-4-18/h3-4,6-8,21-25,30H,9-11,13-17H2,1-2H3/t21-,22-,23-,24-,25+,27-,28-/m0/s1. The lowest BCUT2D eigenvalue weighted by Gasteiger charge is -2.57. The third-order valence-corrected chi connectivity index (χ3v) is 9.57. The first-order valence-electron chi connectivity index (χ1n) is 12.0. The van der Waals surface area contributed by atoms with Gasteiger partial charge in [-0.25, -0.2) is 4.39 Å². The van der Waals surface area contributed by atoms with E-state index in [1.54, 1.807) is 12.1 Å².